The van der Waals surface area contributed by atoms with Crippen LogP contribution in [0, 0.1) is 0 Å². The van der Waals surface area contributed by atoms with Crippen molar-refractivity contribution in [2.24, 2.45) is 0 Å². The van der Waals surface area contributed by atoms with Gasteiger partial charge in [-0.15, -0.1) is 0 Å². The van der Waals surface area contributed by atoms with E-state index in [4.69, 9.17) is 0 Å². The molecule has 1 aliphatic rings. The number of hydrogen-bond acceptors (Lipinski definition) is 2. The third-order valence-electron chi connectivity index (χ3n) is 3.75. The Morgan fingerprint density at radius 1 is 1.33 bits per heavy atom. The van der Waals surface area contributed by atoms with Crippen LogP contribution in [0.5, 0.6) is 0 Å². The van der Waals surface area contributed by atoms with E-state index >= 15 is 0 Å². The number of rotatable bonds is 3. The van der Waals surface area contributed by atoms with Gasteiger partial charge in [0.05, 0.1) is 5.92 Å². The fraction of sp³-hybridized carbons (Fsp3) is 0.467. The molecule has 0 bridgehead atoms. The van der Waals surface area contributed by atoms with E-state index in [1.807, 2.05) is 18.2 Å². The van der Waals surface area contributed by atoms with Crippen LogP contribution in [0.15, 0.2) is 24.3 Å². The second-order valence-electron chi connectivity index (χ2n) is 4.94. The van der Waals surface area contributed by atoms with Gasteiger partial charge in [-0.1, -0.05) is 38.1 Å². The summed E-state index contributed by atoms with van der Waals surface area (Å²) in [6.07, 6.45) is 2.10. The topological polar surface area (TPSA) is 46.2 Å². The van der Waals surface area contributed by atoms with Crippen LogP contribution in [0.2, 0.25) is 0 Å². The minimum atomic E-state index is -0.173. The van der Waals surface area contributed by atoms with Crippen LogP contribution < -0.4 is 5.32 Å². The Hall–Kier alpha value is -1.64. The highest BCUT2D eigenvalue weighted by Crippen LogP contribution is 2.32. The van der Waals surface area contributed by atoms with Crippen LogP contribution in [0.25, 0.3) is 0 Å². The van der Waals surface area contributed by atoms with Gasteiger partial charge in [0.1, 0.15) is 0 Å². The number of benzene rings is 1. The van der Waals surface area contributed by atoms with E-state index in [2.05, 4.69) is 25.2 Å². The lowest BCUT2D eigenvalue weighted by Crippen LogP contribution is -2.39. The summed E-state index contributed by atoms with van der Waals surface area (Å²) in [5.74, 6) is -0.0428. The van der Waals surface area contributed by atoms with Gasteiger partial charge >= 0.3 is 0 Å². The van der Waals surface area contributed by atoms with E-state index in [0.29, 0.717) is 18.8 Å². The molecule has 2 amide bonds. The van der Waals surface area contributed by atoms with Crippen LogP contribution in [-0.2, 0) is 9.59 Å². The number of piperidine rings is 1. The molecule has 3 heteroatoms. The Morgan fingerprint density at radius 2 is 2.06 bits per heavy atom. The Labute approximate surface area is 108 Å². The van der Waals surface area contributed by atoms with Crippen molar-refractivity contribution in [1.29, 1.82) is 0 Å². The van der Waals surface area contributed by atoms with E-state index in [1.165, 1.54) is 5.56 Å². The molecule has 0 spiro atoms. The zero-order chi connectivity index (χ0) is 13.1. The van der Waals surface area contributed by atoms with Gasteiger partial charge in [-0.25, -0.2) is 0 Å². The van der Waals surface area contributed by atoms with Crippen LogP contribution in [0.4, 0.5) is 0 Å². The Morgan fingerprint density at radius 3 is 2.72 bits per heavy atom. The quantitative estimate of drug-likeness (QED) is 0.832. The molecular weight excluding hydrogens is 226 g/mol. The smallest absolute Gasteiger partial charge is 0.234 e. The number of nitrogens with one attached hydrogen (secondary N) is 1. The van der Waals surface area contributed by atoms with Crippen molar-refractivity contribution < 1.29 is 9.59 Å². The molecule has 1 heterocycles. The maximum absolute atomic E-state index is 11.9. The summed E-state index contributed by atoms with van der Waals surface area (Å²) in [6.45, 7) is 4.32. The first-order valence-corrected chi connectivity index (χ1v) is 6.56. The SMILES string of the molecule is CCC(C)c1ccccc1C1CCC(=O)NC1=O. The lowest BCUT2D eigenvalue weighted by atomic mass is 9.83. The molecule has 2 atom stereocenters. The monoisotopic (exact) mass is 245 g/mol. The lowest BCUT2D eigenvalue weighted by molar-refractivity contribution is -0.134. The van der Waals surface area contributed by atoms with Gasteiger partial charge in [-0.05, 0) is 29.9 Å². The van der Waals surface area contributed by atoms with Crippen LogP contribution in [0.3, 0.4) is 0 Å². The minimum absolute atomic E-state index is 0.151. The molecule has 2 unspecified atom stereocenters. The van der Waals surface area contributed by atoms with Gasteiger partial charge in [0.2, 0.25) is 11.8 Å². The summed E-state index contributed by atoms with van der Waals surface area (Å²) >= 11 is 0. The first-order chi connectivity index (χ1) is 8.63. The second kappa shape index (κ2) is 5.34. The molecular formula is C15H19NO2. The minimum Gasteiger partial charge on any atom is -0.296 e. The summed E-state index contributed by atoms with van der Waals surface area (Å²) in [5, 5.41) is 2.43. The van der Waals surface area contributed by atoms with Crippen molar-refractivity contribution in [3.05, 3.63) is 35.4 Å². The summed E-state index contributed by atoms with van der Waals surface area (Å²) in [7, 11) is 0. The number of hydrogen-bond donors (Lipinski definition) is 1. The Balaban J connectivity index is 2.33. The van der Waals surface area contributed by atoms with Crippen molar-refractivity contribution in [3.8, 4) is 0 Å². The molecule has 1 fully saturated rings. The standard InChI is InChI=1S/C15H19NO2/c1-3-10(2)11-6-4-5-7-12(11)13-8-9-14(17)16-15(13)18/h4-7,10,13H,3,8-9H2,1-2H3,(H,16,17,18). The van der Waals surface area contributed by atoms with Crippen molar-refractivity contribution in [3.63, 3.8) is 0 Å². The highest BCUT2D eigenvalue weighted by Gasteiger charge is 2.29. The average Bonchev–Trinajstić information content (AvgIpc) is 2.38. The van der Waals surface area contributed by atoms with Gasteiger partial charge in [0.15, 0.2) is 0 Å². The average molecular weight is 245 g/mol. The maximum Gasteiger partial charge on any atom is 0.234 e. The first kappa shape index (κ1) is 12.8. The zero-order valence-corrected chi connectivity index (χ0v) is 10.9. The van der Waals surface area contributed by atoms with Gasteiger partial charge in [-0.2, -0.15) is 0 Å². The first-order valence-electron chi connectivity index (χ1n) is 6.56. The number of imide groups is 1. The van der Waals surface area contributed by atoms with Crippen molar-refractivity contribution in [1.82, 2.24) is 5.32 Å². The molecule has 18 heavy (non-hydrogen) atoms. The van der Waals surface area contributed by atoms with Crippen molar-refractivity contribution in [2.45, 2.75) is 44.9 Å². The van der Waals surface area contributed by atoms with Gasteiger partial charge < -0.3 is 0 Å². The number of carbonyl (C=O) groups excluding carboxylic acids is 2. The molecule has 1 aromatic rings. The summed E-state index contributed by atoms with van der Waals surface area (Å²) in [5.41, 5.74) is 2.31. The molecule has 2 rings (SSSR count). The van der Waals surface area contributed by atoms with Crippen LogP contribution in [0.1, 0.15) is 56.1 Å². The molecule has 0 aliphatic carbocycles. The normalized spacial score (nSPS) is 21.6. The predicted molar refractivity (Wildman–Crippen MR) is 70.3 cm³/mol. The summed E-state index contributed by atoms with van der Waals surface area (Å²) in [4.78, 5) is 23.1. The Kier molecular flexibility index (Phi) is 3.80. The van der Waals surface area contributed by atoms with Crippen LogP contribution >= 0.6 is 0 Å². The highest BCUT2D eigenvalue weighted by atomic mass is 16.2. The Bertz CT molecular complexity index is 467. The molecule has 96 valence electrons. The molecule has 1 aliphatic heterocycles. The van der Waals surface area contributed by atoms with E-state index in [9.17, 15) is 9.59 Å². The van der Waals surface area contributed by atoms with E-state index in [0.717, 1.165) is 12.0 Å². The number of carbonyl (C=O) groups is 2. The molecule has 1 saturated heterocycles. The fourth-order valence-corrected chi connectivity index (χ4v) is 2.49. The van der Waals surface area contributed by atoms with Gasteiger partial charge in [0, 0.05) is 6.42 Å². The summed E-state index contributed by atoms with van der Waals surface area (Å²) in [6, 6.07) is 8.08. The third kappa shape index (κ3) is 2.45. The van der Waals surface area contributed by atoms with Crippen molar-refractivity contribution in [2.75, 3.05) is 0 Å². The van der Waals surface area contributed by atoms with Gasteiger partial charge in [0.25, 0.3) is 0 Å². The van der Waals surface area contributed by atoms with Crippen molar-refractivity contribution >= 4 is 11.8 Å². The predicted octanol–water partition coefficient (Wildman–Crippen LogP) is 2.72. The largest absolute Gasteiger partial charge is 0.296 e. The summed E-state index contributed by atoms with van der Waals surface area (Å²) < 4.78 is 0. The molecule has 0 aromatic heterocycles. The zero-order valence-electron chi connectivity index (χ0n) is 10.9. The second-order valence-corrected chi connectivity index (χ2v) is 4.94. The van der Waals surface area contributed by atoms with Crippen LogP contribution in [-0.4, -0.2) is 11.8 Å². The third-order valence-corrected chi connectivity index (χ3v) is 3.75. The van der Waals surface area contributed by atoms with Gasteiger partial charge in [-0.3, -0.25) is 14.9 Å². The number of amides is 2. The maximum atomic E-state index is 11.9. The lowest BCUT2D eigenvalue weighted by Gasteiger charge is -2.25. The molecule has 1 N–H and O–H groups in total. The van der Waals surface area contributed by atoms with E-state index < -0.39 is 0 Å². The fourth-order valence-electron chi connectivity index (χ4n) is 2.49. The molecule has 0 saturated carbocycles. The highest BCUT2D eigenvalue weighted by molar-refractivity contribution is 6.01. The van der Waals surface area contributed by atoms with E-state index in [1.54, 1.807) is 0 Å². The molecule has 3 nitrogen and oxygen atoms in total. The molecule has 1 aromatic carbocycles. The van der Waals surface area contributed by atoms with E-state index in [-0.39, 0.29) is 17.7 Å². The molecule has 0 radical (unpaired) electrons.